The van der Waals surface area contributed by atoms with E-state index in [1.807, 2.05) is 30.3 Å². The van der Waals surface area contributed by atoms with E-state index in [2.05, 4.69) is 20.9 Å². The third-order valence-corrected chi connectivity index (χ3v) is 4.75. The molecule has 1 fully saturated rings. The van der Waals surface area contributed by atoms with Crippen molar-refractivity contribution >= 4 is 50.5 Å². The number of carbonyl (C=O) groups excluding carboxylic acids is 1. The summed E-state index contributed by atoms with van der Waals surface area (Å²) >= 11 is 4.72. The molecule has 2 aromatic carbocycles. The lowest BCUT2D eigenvalue weighted by molar-refractivity contribution is -0.121. The summed E-state index contributed by atoms with van der Waals surface area (Å²) in [4.78, 5) is 18.8. The molecule has 1 heterocycles. The molecule has 23 heavy (non-hydrogen) atoms. The second kappa shape index (κ2) is 6.68. The van der Waals surface area contributed by atoms with Crippen LogP contribution in [0.3, 0.4) is 0 Å². The maximum Gasteiger partial charge on any atom is 0.266 e. The molecule has 0 saturated carbocycles. The van der Waals surface area contributed by atoms with Crippen LogP contribution in [0.2, 0.25) is 0 Å². The zero-order valence-corrected chi connectivity index (χ0v) is 14.6. The molecule has 0 bridgehead atoms. The first-order valence-corrected chi connectivity index (χ1v) is 8.41. The van der Waals surface area contributed by atoms with Crippen molar-refractivity contribution in [3.8, 4) is 0 Å². The zero-order chi connectivity index (χ0) is 16.4. The van der Waals surface area contributed by atoms with E-state index in [9.17, 15) is 9.18 Å². The maximum absolute atomic E-state index is 12.9. The molecule has 6 heteroatoms. The normalized spacial score (nSPS) is 18.2. The average Bonchev–Trinajstić information content (AvgIpc) is 2.78. The fourth-order valence-electron chi connectivity index (χ4n) is 2.03. The predicted molar refractivity (Wildman–Crippen MR) is 96.0 cm³/mol. The number of hydrogen-bond acceptors (Lipinski definition) is 3. The molecule has 0 aromatic heterocycles. The van der Waals surface area contributed by atoms with Crippen molar-refractivity contribution in [2.45, 2.75) is 0 Å². The van der Waals surface area contributed by atoms with Crippen molar-refractivity contribution in [1.29, 1.82) is 0 Å². The van der Waals surface area contributed by atoms with Crippen molar-refractivity contribution in [3.63, 3.8) is 0 Å². The van der Waals surface area contributed by atoms with E-state index in [4.69, 9.17) is 0 Å². The first-order chi connectivity index (χ1) is 11.0. The summed E-state index contributed by atoms with van der Waals surface area (Å²) in [5, 5.41) is 0.572. The van der Waals surface area contributed by atoms with E-state index in [-0.39, 0.29) is 11.7 Å². The number of amidine groups is 1. The average molecular weight is 391 g/mol. The van der Waals surface area contributed by atoms with Gasteiger partial charge >= 0.3 is 0 Å². The number of amides is 1. The van der Waals surface area contributed by atoms with E-state index in [1.165, 1.54) is 28.8 Å². The Bertz CT molecular complexity index is 818. The van der Waals surface area contributed by atoms with E-state index in [0.29, 0.717) is 15.8 Å². The molecular weight excluding hydrogens is 379 g/mol. The second-order valence-corrected chi connectivity index (χ2v) is 6.83. The number of carbonyl (C=O) groups is 1. The van der Waals surface area contributed by atoms with Crippen LogP contribution in [0.1, 0.15) is 5.56 Å². The summed E-state index contributed by atoms with van der Waals surface area (Å²) in [5.74, 6) is -0.413. The molecule has 1 aliphatic rings. The third kappa shape index (κ3) is 3.71. The van der Waals surface area contributed by atoms with Gasteiger partial charge in [-0.25, -0.2) is 9.38 Å². The molecule has 0 radical (unpaired) electrons. The zero-order valence-electron chi connectivity index (χ0n) is 12.2. The maximum atomic E-state index is 12.9. The lowest BCUT2D eigenvalue weighted by Gasteiger charge is -2.06. The van der Waals surface area contributed by atoms with Gasteiger partial charge in [0, 0.05) is 11.5 Å². The van der Waals surface area contributed by atoms with Crippen LogP contribution in [0.5, 0.6) is 0 Å². The third-order valence-electron chi connectivity index (χ3n) is 3.20. The Hall–Kier alpha value is -1.92. The van der Waals surface area contributed by atoms with Crippen LogP contribution in [0, 0.1) is 5.82 Å². The highest BCUT2D eigenvalue weighted by atomic mass is 79.9. The van der Waals surface area contributed by atoms with Crippen molar-refractivity contribution in [3.05, 3.63) is 69.3 Å². The minimum absolute atomic E-state index is 0.101. The number of aliphatic imine (C=N–C) groups is 1. The van der Waals surface area contributed by atoms with Gasteiger partial charge in [-0.3, -0.25) is 9.69 Å². The van der Waals surface area contributed by atoms with Gasteiger partial charge in [0.1, 0.15) is 5.82 Å². The van der Waals surface area contributed by atoms with Gasteiger partial charge in [0.15, 0.2) is 5.17 Å². The summed E-state index contributed by atoms with van der Waals surface area (Å²) in [7, 11) is 1.68. The number of nitrogens with zero attached hydrogens (tertiary/aromatic N) is 2. The van der Waals surface area contributed by atoms with Gasteiger partial charge in [-0.2, -0.15) is 0 Å². The highest BCUT2D eigenvalue weighted by molar-refractivity contribution is 9.10. The molecule has 116 valence electrons. The minimum atomic E-state index is -0.312. The molecule has 2 aromatic rings. The van der Waals surface area contributed by atoms with Crippen LogP contribution in [0.15, 0.2) is 62.9 Å². The number of hydrogen-bond donors (Lipinski definition) is 0. The Kier molecular flexibility index (Phi) is 4.63. The van der Waals surface area contributed by atoms with Crippen molar-refractivity contribution in [2.75, 3.05) is 7.05 Å². The molecule has 0 unspecified atom stereocenters. The molecule has 3 rings (SSSR count). The van der Waals surface area contributed by atoms with Crippen LogP contribution in [0.25, 0.3) is 6.08 Å². The van der Waals surface area contributed by atoms with Gasteiger partial charge in [0.25, 0.3) is 5.91 Å². The van der Waals surface area contributed by atoms with Gasteiger partial charge in [-0.1, -0.05) is 28.1 Å². The fourth-order valence-corrected chi connectivity index (χ4v) is 3.43. The highest BCUT2D eigenvalue weighted by Crippen LogP contribution is 2.33. The van der Waals surface area contributed by atoms with Crippen LogP contribution < -0.4 is 0 Å². The number of thioether (sulfide) groups is 1. The molecule has 0 spiro atoms. The van der Waals surface area contributed by atoms with Crippen LogP contribution in [-0.4, -0.2) is 23.0 Å². The quantitative estimate of drug-likeness (QED) is 0.688. The standard InChI is InChI=1S/C17H12BrFN2OS/c1-21-16(22)15(10-11-3-2-4-12(18)9-11)23-17(21)20-14-7-5-13(19)6-8-14/h2-10H,1H3/b15-10+,20-17?. The molecule has 0 aliphatic carbocycles. The van der Waals surface area contributed by atoms with Crippen LogP contribution in [-0.2, 0) is 4.79 Å². The molecule has 0 atom stereocenters. The molecule has 1 amide bonds. The van der Waals surface area contributed by atoms with E-state index in [0.717, 1.165) is 10.0 Å². The van der Waals surface area contributed by atoms with Crippen LogP contribution >= 0.6 is 27.7 Å². The van der Waals surface area contributed by atoms with Crippen molar-refractivity contribution in [1.82, 2.24) is 4.90 Å². The molecule has 3 nitrogen and oxygen atoms in total. The lowest BCUT2D eigenvalue weighted by atomic mass is 10.2. The summed E-state index contributed by atoms with van der Waals surface area (Å²) in [5.41, 5.74) is 1.55. The SMILES string of the molecule is CN1C(=O)/C(=C\c2cccc(Br)c2)SC1=Nc1ccc(F)cc1. The monoisotopic (exact) mass is 390 g/mol. The number of halogens is 2. The fraction of sp³-hybridized carbons (Fsp3) is 0.0588. The predicted octanol–water partition coefficient (Wildman–Crippen LogP) is 4.82. The van der Waals surface area contributed by atoms with Crippen molar-refractivity contribution < 1.29 is 9.18 Å². The largest absolute Gasteiger partial charge is 0.290 e. The Morgan fingerprint density at radius 2 is 1.96 bits per heavy atom. The molecule has 0 N–H and O–H groups in total. The highest BCUT2D eigenvalue weighted by Gasteiger charge is 2.30. The summed E-state index contributed by atoms with van der Waals surface area (Å²) in [6.07, 6.45) is 1.83. The summed E-state index contributed by atoms with van der Waals surface area (Å²) in [6.45, 7) is 0. The first kappa shape index (κ1) is 16.0. The first-order valence-electron chi connectivity index (χ1n) is 6.80. The second-order valence-electron chi connectivity index (χ2n) is 4.90. The van der Waals surface area contributed by atoms with Crippen molar-refractivity contribution in [2.24, 2.45) is 4.99 Å². The Balaban J connectivity index is 1.89. The van der Waals surface area contributed by atoms with Gasteiger partial charge in [0.05, 0.1) is 10.6 Å². The Morgan fingerprint density at radius 1 is 1.22 bits per heavy atom. The molecule has 1 aliphatic heterocycles. The van der Waals surface area contributed by atoms with E-state index in [1.54, 1.807) is 19.2 Å². The molecular formula is C17H12BrFN2OS. The summed E-state index contributed by atoms with van der Waals surface area (Å²) < 4.78 is 13.9. The van der Waals surface area contributed by atoms with Gasteiger partial charge in [-0.05, 0) is 59.8 Å². The molecule has 1 saturated heterocycles. The number of rotatable bonds is 2. The summed E-state index contributed by atoms with van der Waals surface area (Å²) in [6, 6.07) is 13.6. The van der Waals surface area contributed by atoms with E-state index >= 15 is 0 Å². The topological polar surface area (TPSA) is 32.7 Å². The lowest BCUT2D eigenvalue weighted by Crippen LogP contribution is -2.23. The minimum Gasteiger partial charge on any atom is -0.290 e. The van der Waals surface area contributed by atoms with Crippen LogP contribution in [0.4, 0.5) is 10.1 Å². The van der Waals surface area contributed by atoms with Gasteiger partial charge < -0.3 is 0 Å². The smallest absolute Gasteiger partial charge is 0.266 e. The van der Waals surface area contributed by atoms with Gasteiger partial charge in [0.2, 0.25) is 0 Å². The Morgan fingerprint density at radius 3 is 2.65 bits per heavy atom. The van der Waals surface area contributed by atoms with E-state index < -0.39 is 0 Å². The Labute approximate surface area is 146 Å². The van der Waals surface area contributed by atoms with Gasteiger partial charge in [-0.15, -0.1) is 0 Å². The number of benzene rings is 2. The number of likely N-dealkylation sites (N-methyl/N-ethyl adjacent to an activating group) is 1.